The van der Waals surface area contributed by atoms with Gasteiger partial charge in [-0.25, -0.2) is 4.39 Å². The lowest BCUT2D eigenvalue weighted by Crippen LogP contribution is -2.36. The summed E-state index contributed by atoms with van der Waals surface area (Å²) in [7, 11) is 0. The Labute approximate surface area is 181 Å². The summed E-state index contributed by atoms with van der Waals surface area (Å²) >= 11 is 0. The van der Waals surface area contributed by atoms with Crippen LogP contribution in [0.2, 0.25) is 0 Å². The molecule has 1 heterocycles. The van der Waals surface area contributed by atoms with Gasteiger partial charge in [-0.2, -0.15) is 0 Å². The van der Waals surface area contributed by atoms with Crippen LogP contribution in [0.5, 0.6) is 5.75 Å². The molecule has 0 aromatic heterocycles. The minimum Gasteiger partial charge on any atom is -0.494 e. The Balaban J connectivity index is 1.46. The van der Waals surface area contributed by atoms with E-state index in [0.717, 1.165) is 42.6 Å². The lowest BCUT2D eigenvalue weighted by Gasteiger charge is -2.30. The molecule has 1 atom stereocenters. The van der Waals surface area contributed by atoms with E-state index in [1.54, 1.807) is 24.3 Å². The number of carbonyl (C=O) groups is 2. The maximum atomic E-state index is 13.3. The maximum Gasteiger partial charge on any atom is 0.251 e. The summed E-state index contributed by atoms with van der Waals surface area (Å²) < 4.78 is 18.7. The van der Waals surface area contributed by atoms with Crippen LogP contribution in [-0.2, 0) is 16.1 Å². The molecule has 1 aliphatic heterocycles. The minimum absolute atomic E-state index is 0.0413. The van der Waals surface area contributed by atoms with E-state index in [-0.39, 0.29) is 30.1 Å². The number of nitrogens with zero attached hydrogens (tertiary/aromatic N) is 1. The maximum absolute atomic E-state index is 13.3. The van der Waals surface area contributed by atoms with Crippen molar-refractivity contribution in [2.45, 2.75) is 51.6 Å². The van der Waals surface area contributed by atoms with E-state index in [2.05, 4.69) is 5.32 Å². The zero-order valence-corrected chi connectivity index (χ0v) is 17.7. The highest BCUT2D eigenvalue weighted by molar-refractivity contribution is 6.04. The van der Waals surface area contributed by atoms with E-state index in [0.29, 0.717) is 24.4 Å². The molecule has 0 bridgehead atoms. The molecule has 1 N–H and O–H groups in total. The van der Waals surface area contributed by atoms with Crippen LogP contribution in [0.1, 0.15) is 44.6 Å². The summed E-state index contributed by atoms with van der Waals surface area (Å²) in [6.45, 7) is 2.93. The monoisotopic (exact) mass is 422 g/mol. The van der Waals surface area contributed by atoms with Crippen LogP contribution >= 0.6 is 0 Å². The van der Waals surface area contributed by atoms with Crippen molar-refractivity contribution in [3.05, 3.63) is 71.1 Å². The van der Waals surface area contributed by atoms with E-state index >= 15 is 0 Å². The molecule has 162 valence electrons. The number of nitrogens with one attached hydrogen (secondary N) is 1. The molecule has 2 amide bonds. The molecular weight excluding hydrogens is 395 g/mol. The summed E-state index contributed by atoms with van der Waals surface area (Å²) in [5.41, 5.74) is 3.28. The van der Waals surface area contributed by atoms with Gasteiger partial charge >= 0.3 is 0 Å². The van der Waals surface area contributed by atoms with Crippen LogP contribution in [0.3, 0.4) is 0 Å². The molecule has 1 saturated carbocycles. The number of carbonyl (C=O) groups excluding carboxylic acids is 2. The molecule has 1 unspecified atom stereocenters. The van der Waals surface area contributed by atoms with Gasteiger partial charge < -0.3 is 15.0 Å². The molecule has 2 aromatic carbocycles. The SMILES string of the molecule is CCOc1ccc(NC(=O)CC2=C3CCCCC3N(Cc3ccc(F)cc3)C2=O)cc1. The number of fused-ring (bicyclic) bond motifs is 1. The molecule has 6 heteroatoms. The molecule has 2 aliphatic rings. The summed E-state index contributed by atoms with van der Waals surface area (Å²) in [6, 6.07) is 13.5. The second-order valence-corrected chi connectivity index (χ2v) is 8.01. The van der Waals surface area contributed by atoms with Gasteiger partial charge in [0.15, 0.2) is 0 Å². The minimum atomic E-state index is -0.292. The normalized spacial score (nSPS) is 18.2. The van der Waals surface area contributed by atoms with Crippen molar-refractivity contribution in [3.8, 4) is 5.75 Å². The Morgan fingerprint density at radius 1 is 1.13 bits per heavy atom. The van der Waals surface area contributed by atoms with Crippen molar-refractivity contribution >= 4 is 17.5 Å². The van der Waals surface area contributed by atoms with Gasteiger partial charge in [-0.05, 0) is 73.7 Å². The molecular formula is C25H27FN2O3. The molecule has 4 rings (SSSR count). The Morgan fingerprint density at radius 3 is 2.58 bits per heavy atom. The highest BCUT2D eigenvalue weighted by Crippen LogP contribution is 2.38. The van der Waals surface area contributed by atoms with E-state index in [9.17, 15) is 14.0 Å². The molecule has 0 saturated heterocycles. The average Bonchev–Trinajstić information content (AvgIpc) is 3.03. The van der Waals surface area contributed by atoms with Crippen LogP contribution < -0.4 is 10.1 Å². The Kier molecular flexibility index (Phi) is 6.35. The van der Waals surface area contributed by atoms with Gasteiger partial charge in [0.2, 0.25) is 5.91 Å². The van der Waals surface area contributed by atoms with Crippen LogP contribution in [-0.4, -0.2) is 29.4 Å². The number of amides is 2. The Bertz CT molecular complexity index is 983. The topological polar surface area (TPSA) is 58.6 Å². The number of rotatable bonds is 7. The van der Waals surface area contributed by atoms with Gasteiger partial charge in [-0.1, -0.05) is 18.6 Å². The number of ether oxygens (including phenoxy) is 1. The fraction of sp³-hybridized carbons (Fsp3) is 0.360. The zero-order chi connectivity index (χ0) is 21.8. The van der Waals surface area contributed by atoms with Gasteiger partial charge in [0, 0.05) is 17.8 Å². The van der Waals surface area contributed by atoms with Crippen molar-refractivity contribution in [2.75, 3.05) is 11.9 Å². The molecule has 31 heavy (non-hydrogen) atoms. The highest BCUT2D eigenvalue weighted by Gasteiger charge is 2.40. The summed E-state index contributed by atoms with van der Waals surface area (Å²) in [4.78, 5) is 27.8. The van der Waals surface area contributed by atoms with Crippen LogP contribution in [0.4, 0.5) is 10.1 Å². The fourth-order valence-corrected chi connectivity index (χ4v) is 4.47. The lowest BCUT2D eigenvalue weighted by atomic mass is 9.88. The van der Waals surface area contributed by atoms with Crippen molar-refractivity contribution in [1.29, 1.82) is 0 Å². The van der Waals surface area contributed by atoms with Gasteiger partial charge in [0.25, 0.3) is 5.91 Å². The first-order valence-electron chi connectivity index (χ1n) is 10.8. The number of benzene rings is 2. The van der Waals surface area contributed by atoms with Gasteiger partial charge in [-0.15, -0.1) is 0 Å². The Morgan fingerprint density at radius 2 is 1.87 bits per heavy atom. The van der Waals surface area contributed by atoms with Crippen molar-refractivity contribution in [3.63, 3.8) is 0 Å². The summed E-state index contributed by atoms with van der Waals surface area (Å²) in [6.07, 6.45) is 3.92. The third-order valence-corrected chi connectivity index (χ3v) is 5.91. The molecule has 1 aliphatic carbocycles. The first-order valence-corrected chi connectivity index (χ1v) is 10.8. The molecule has 0 radical (unpaired) electrons. The van der Waals surface area contributed by atoms with Crippen molar-refractivity contribution in [1.82, 2.24) is 4.90 Å². The highest BCUT2D eigenvalue weighted by atomic mass is 19.1. The molecule has 0 spiro atoms. The largest absolute Gasteiger partial charge is 0.494 e. The third-order valence-electron chi connectivity index (χ3n) is 5.91. The van der Waals surface area contributed by atoms with Crippen LogP contribution in [0.15, 0.2) is 59.7 Å². The predicted octanol–water partition coefficient (Wildman–Crippen LogP) is 4.83. The zero-order valence-electron chi connectivity index (χ0n) is 17.7. The van der Waals surface area contributed by atoms with Gasteiger partial charge in [0.1, 0.15) is 11.6 Å². The number of hydrogen-bond acceptors (Lipinski definition) is 3. The van der Waals surface area contributed by atoms with Crippen LogP contribution in [0, 0.1) is 5.82 Å². The second kappa shape index (κ2) is 9.33. The predicted molar refractivity (Wildman–Crippen MR) is 117 cm³/mol. The van der Waals surface area contributed by atoms with Gasteiger partial charge in [0.05, 0.1) is 19.1 Å². The quantitative estimate of drug-likeness (QED) is 0.695. The van der Waals surface area contributed by atoms with Crippen molar-refractivity contribution in [2.24, 2.45) is 0 Å². The summed E-state index contributed by atoms with van der Waals surface area (Å²) in [5, 5.41) is 2.88. The van der Waals surface area contributed by atoms with E-state index in [4.69, 9.17) is 4.74 Å². The average molecular weight is 423 g/mol. The fourth-order valence-electron chi connectivity index (χ4n) is 4.47. The smallest absolute Gasteiger partial charge is 0.251 e. The van der Waals surface area contributed by atoms with E-state index < -0.39 is 0 Å². The molecule has 5 nitrogen and oxygen atoms in total. The van der Waals surface area contributed by atoms with Crippen LogP contribution in [0.25, 0.3) is 0 Å². The lowest BCUT2D eigenvalue weighted by molar-refractivity contribution is -0.129. The molecule has 1 fully saturated rings. The van der Waals surface area contributed by atoms with Crippen molar-refractivity contribution < 1.29 is 18.7 Å². The number of hydrogen-bond donors (Lipinski definition) is 1. The van der Waals surface area contributed by atoms with Gasteiger partial charge in [-0.3, -0.25) is 9.59 Å². The molecule has 2 aromatic rings. The summed E-state index contributed by atoms with van der Waals surface area (Å²) in [5.74, 6) is 0.179. The second-order valence-electron chi connectivity index (χ2n) is 8.01. The first kappa shape index (κ1) is 21.1. The van der Waals surface area contributed by atoms with E-state index in [1.165, 1.54) is 12.1 Å². The number of anilines is 1. The Hall–Kier alpha value is -3.15. The third kappa shape index (κ3) is 4.79. The number of halogens is 1. The standard InChI is InChI=1S/C25H27FN2O3/c1-2-31-20-13-11-19(12-14-20)27-24(29)15-22-21-5-3-4-6-23(21)28(25(22)30)16-17-7-9-18(26)10-8-17/h7-14,23H,2-6,15-16H2,1H3,(H,27,29). The first-order chi connectivity index (χ1) is 15.0. The van der Waals surface area contributed by atoms with E-state index in [1.807, 2.05) is 24.0 Å².